The number of nitrogens with one attached hydrogen (secondary N) is 2. The quantitative estimate of drug-likeness (QED) is 0.701. The Morgan fingerprint density at radius 2 is 1.95 bits per heavy atom. The van der Waals surface area contributed by atoms with Crippen LogP contribution in [-0.4, -0.2) is 16.5 Å². The first-order chi connectivity index (χ1) is 9.70. The van der Waals surface area contributed by atoms with Crippen molar-refractivity contribution in [2.75, 3.05) is 11.9 Å². The largest absolute Gasteiger partial charge is 0.384 e. The molecule has 3 nitrogen and oxygen atoms in total. The average Bonchev–Trinajstić information content (AvgIpc) is 3.04. The summed E-state index contributed by atoms with van der Waals surface area (Å²) in [6, 6.07) is 10.9. The molecule has 1 aromatic heterocycles. The highest BCUT2D eigenvalue weighted by Crippen LogP contribution is 2.29. The number of hydrogen-bond donors (Lipinski definition) is 2. The van der Waals surface area contributed by atoms with E-state index in [2.05, 4.69) is 54.5 Å². The third-order valence-electron chi connectivity index (χ3n) is 4.20. The predicted molar refractivity (Wildman–Crippen MR) is 83.2 cm³/mol. The molecule has 0 aliphatic carbocycles. The summed E-state index contributed by atoms with van der Waals surface area (Å²) in [5.74, 6) is 0.951. The number of aromatic amines is 1. The van der Waals surface area contributed by atoms with Crippen LogP contribution in [0.1, 0.15) is 16.7 Å². The van der Waals surface area contributed by atoms with Crippen LogP contribution in [0.15, 0.2) is 30.3 Å². The molecule has 100 valence electrons. The lowest BCUT2D eigenvalue weighted by atomic mass is 10.1. The molecule has 0 bridgehead atoms. The van der Waals surface area contributed by atoms with Crippen LogP contribution >= 0.6 is 0 Å². The van der Waals surface area contributed by atoms with Crippen LogP contribution in [0.3, 0.4) is 0 Å². The molecular weight excluding hydrogens is 246 g/mol. The van der Waals surface area contributed by atoms with Gasteiger partial charge in [0.05, 0.1) is 11.0 Å². The van der Waals surface area contributed by atoms with Crippen molar-refractivity contribution in [3.8, 4) is 11.4 Å². The van der Waals surface area contributed by atoms with Crippen molar-refractivity contribution in [1.29, 1.82) is 0 Å². The molecular formula is C17H17N3. The van der Waals surface area contributed by atoms with E-state index in [1.807, 2.05) is 0 Å². The van der Waals surface area contributed by atoms with Crippen LogP contribution < -0.4 is 5.32 Å². The highest BCUT2D eigenvalue weighted by Gasteiger charge is 2.13. The van der Waals surface area contributed by atoms with Crippen molar-refractivity contribution >= 4 is 16.7 Å². The summed E-state index contributed by atoms with van der Waals surface area (Å²) < 4.78 is 0. The first-order valence-corrected chi connectivity index (χ1v) is 7.05. The zero-order chi connectivity index (χ0) is 13.7. The van der Waals surface area contributed by atoms with E-state index < -0.39 is 0 Å². The van der Waals surface area contributed by atoms with Crippen molar-refractivity contribution < 1.29 is 0 Å². The molecule has 2 aromatic carbocycles. The fraction of sp³-hybridized carbons (Fsp3) is 0.235. The molecule has 0 amide bonds. The van der Waals surface area contributed by atoms with E-state index in [1.165, 1.54) is 22.4 Å². The SMILES string of the molecule is Cc1ccc(-c2nc3cc4c(cc3[nH]2)CCN4)cc1C. The number of aryl methyl sites for hydroxylation is 2. The van der Waals surface area contributed by atoms with E-state index in [4.69, 9.17) is 4.98 Å². The Hall–Kier alpha value is -2.29. The van der Waals surface area contributed by atoms with Crippen LogP contribution in [0.5, 0.6) is 0 Å². The number of hydrogen-bond acceptors (Lipinski definition) is 2. The number of benzene rings is 2. The Bertz CT molecular complexity index is 773. The fourth-order valence-corrected chi connectivity index (χ4v) is 2.83. The number of fused-ring (bicyclic) bond motifs is 2. The summed E-state index contributed by atoms with van der Waals surface area (Å²) in [4.78, 5) is 8.19. The molecule has 0 saturated carbocycles. The minimum Gasteiger partial charge on any atom is -0.384 e. The predicted octanol–water partition coefficient (Wildman–Crippen LogP) is 3.81. The van der Waals surface area contributed by atoms with Gasteiger partial charge in [-0.1, -0.05) is 12.1 Å². The molecule has 0 atom stereocenters. The second-order valence-corrected chi connectivity index (χ2v) is 5.59. The van der Waals surface area contributed by atoms with Crippen molar-refractivity contribution in [3.05, 3.63) is 47.0 Å². The number of nitrogens with zero attached hydrogens (tertiary/aromatic N) is 1. The zero-order valence-electron chi connectivity index (χ0n) is 11.7. The lowest BCUT2D eigenvalue weighted by Gasteiger charge is -2.02. The van der Waals surface area contributed by atoms with Crippen LogP contribution in [0, 0.1) is 13.8 Å². The average molecular weight is 263 g/mol. The maximum atomic E-state index is 4.74. The monoisotopic (exact) mass is 263 g/mol. The first kappa shape index (κ1) is 11.5. The topological polar surface area (TPSA) is 40.7 Å². The van der Waals surface area contributed by atoms with Crippen molar-refractivity contribution in [1.82, 2.24) is 9.97 Å². The van der Waals surface area contributed by atoms with Gasteiger partial charge in [0.2, 0.25) is 0 Å². The summed E-state index contributed by atoms with van der Waals surface area (Å²) in [5, 5.41) is 3.40. The van der Waals surface area contributed by atoms with Gasteiger partial charge in [-0.3, -0.25) is 0 Å². The number of aromatic nitrogens is 2. The van der Waals surface area contributed by atoms with Crippen molar-refractivity contribution in [2.24, 2.45) is 0 Å². The molecule has 2 heterocycles. The van der Waals surface area contributed by atoms with Gasteiger partial charge < -0.3 is 10.3 Å². The minimum absolute atomic E-state index is 0.951. The first-order valence-electron chi connectivity index (χ1n) is 7.05. The summed E-state index contributed by atoms with van der Waals surface area (Å²) in [6.45, 7) is 5.31. The van der Waals surface area contributed by atoms with Crippen LogP contribution in [-0.2, 0) is 6.42 Å². The Morgan fingerprint density at radius 1 is 1.05 bits per heavy atom. The van der Waals surface area contributed by atoms with Gasteiger partial charge in [0.15, 0.2) is 0 Å². The Morgan fingerprint density at radius 3 is 2.80 bits per heavy atom. The highest BCUT2D eigenvalue weighted by atomic mass is 14.9. The maximum absolute atomic E-state index is 4.74. The molecule has 1 aliphatic heterocycles. The van der Waals surface area contributed by atoms with E-state index in [-0.39, 0.29) is 0 Å². The van der Waals surface area contributed by atoms with Crippen LogP contribution in [0.2, 0.25) is 0 Å². The zero-order valence-corrected chi connectivity index (χ0v) is 11.7. The molecule has 0 spiro atoms. The maximum Gasteiger partial charge on any atom is 0.138 e. The van der Waals surface area contributed by atoms with Gasteiger partial charge in [0.1, 0.15) is 5.82 Å². The van der Waals surface area contributed by atoms with Gasteiger partial charge in [0.25, 0.3) is 0 Å². The molecule has 0 radical (unpaired) electrons. The van der Waals surface area contributed by atoms with Gasteiger partial charge in [-0.25, -0.2) is 4.98 Å². The fourth-order valence-electron chi connectivity index (χ4n) is 2.83. The highest BCUT2D eigenvalue weighted by molar-refractivity contribution is 5.85. The summed E-state index contributed by atoms with van der Waals surface area (Å²) in [6.07, 6.45) is 1.10. The van der Waals surface area contributed by atoms with Gasteiger partial charge in [-0.2, -0.15) is 0 Å². The van der Waals surface area contributed by atoms with Gasteiger partial charge >= 0.3 is 0 Å². The number of H-pyrrole nitrogens is 1. The summed E-state index contributed by atoms with van der Waals surface area (Å²) in [7, 11) is 0. The molecule has 20 heavy (non-hydrogen) atoms. The van der Waals surface area contributed by atoms with Gasteiger partial charge in [-0.05, 0) is 55.2 Å². The van der Waals surface area contributed by atoms with Gasteiger partial charge in [-0.15, -0.1) is 0 Å². The van der Waals surface area contributed by atoms with E-state index in [0.29, 0.717) is 0 Å². The molecule has 0 fully saturated rings. The Labute approximate surface area is 118 Å². The van der Waals surface area contributed by atoms with E-state index in [1.54, 1.807) is 0 Å². The Balaban J connectivity index is 1.86. The minimum atomic E-state index is 0.951. The van der Waals surface area contributed by atoms with Crippen LogP contribution in [0.25, 0.3) is 22.4 Å². The number of anilines is 1. The molecule has 2 N–H and O–H groups in total. The number of rotatable bonds is 1. The Kier molecular flexibility index (Phi) is 2.36. The number of imidazole rings is 1. The second-order valence-electron chi connectivity index (χ2n) is 5.59. The molecule has 0 unspecified atom stereocenters. The lowest BCUT2D eigenvalue weighted by Crippen LogP contribution is -1.90. The standard InChI is InChI=1S/C17H17N3/c1-10-3-4-13(7-11(10)2)17-19-15-8-12-5-6-18-14(12)9-16(15)20-17/h3-4,7-9,18H,5-6H2,1-2H3,(H,19,20). The lowest BCUT2D eigenvalue weighted by molar-refractivity contribution is 1.11. The van der Waals surface area contributed by atoms with Gasteiger partial charge in [0, 0.05) is 17.8 Å². The smallest absolute Gasteiger partial charge is 0.138 e. The molecule has 4 rings (SSSR count). The summed E-state index contributed by atoms with van der Waals surface area (Å²) >= 11 is 0. The van der Waals surface area contributed by atoms with Crippen LogP contribution in [0.4, 0.5) is 5.69 Å². The molecule has 3 heteroatoms. The third kappa shape index (κ3) is 1.70. The molecule has 3 aromatic rings. The van der Waals surface area contributed by atoms with Crippen molar-refractivity contribution in [2.45, 2.75) is 20.3 Å². The summed E-state index contributed by atoms with van der Waals surface area (Å²) in [5.41, 5.74) is 8.54. The second kappa shape index (κ2) is 4.10. The third-order valence-corrected chi connectivity index (χ3v) is 4.20. The van der Waals surface area contributed by atoms with E-state index in [0.717, 1.165) is 35.4 Å². The van der Waals surface area contributed by atoms with E-state index in [9.17, 15) is 0 Å². The van der Waals surface area contributed by atoms with E-state index >= 15 is 0 Å². The van der Waals surface area contributed by atoms with Crippen molar-refractivity contribution in [3.63, 3.8) is 0 Å². The normalized spacial score (nSPS) is 13.5. The molecule has 0 saturated heterocycles. The molecule has 1 aliphatic rings.